The number of nitrogens with zero attached hydrogens (tertiary/aromatic N) is 1. The second kappa shape index (κ2) is 7.34. The first-order chi connectivity index (χ1) is 13.2. The number of primary sulfonamides is 1. The highest BCUT2D eigenvalue weighted by molar-refractivity contribution is 7.89. The average Bonchev–Trinajstić information content (AvgIpc) is 2.87. The molecule has 28 heavy (non-hydrogen) atoms. The molecular weight excluding hydrogens is 384 g/mol. The molecule has 2 aromatic rings. The molecule has 148 valence electrons. The number of benzene rings is 2. The van der Waals surface area contributed by atoms with E-state index < -0.39 is 28.1 Å². The predicted molar refractivity (Wildman–Crippen MR) is 99.5 cm³/mol. The molecule has 0 radical (unpaired) electrons. The molecule has 0 aromatic heterocycles. The molecule has 0 saturated heterocycles. The Morgan fingerprint density at radius 1 is 1.18 bits per heavy atom. The highest BCUT2D eigenvalue weighted by Gasteiger charge is 2.49. The molecule has 2 aromatic carbocycles. The molecule has 8 nitrogen and oxygen atoms in total. The normalized spacial score (nSPS) is 18.8. The maximum atomic E-state index is 12.8. The zero-order valence-corrected chi connectivity index (χ0v) is 16.0. The number of aliphatic hydroxyl groups is 1. The van der Waals surface area contributed by atoms with Crippen molar-refractivity contribution in [3.05, 3.63) is 65.2 Å². The van der Waals surface area contributed by atoms with Crippen molar-refractivity contribution in [3.63, 3.8) is 0 Å². The second-order valence-electron chi connectivity index (χ2n) is 6.51. The molecule has 3 rings (SSSR count). The van der Waals surface area contributed by atoms with Crippen LogP contribution in [0.15, 0.2) is 53.4 Å². The number of carbonyl (C=O) groups is 2. The maximum Gasteiger partial charge on any atom is 0.310 e. The van der Waals surface area contributed by atoms with E-state index in [0.29, 0.717) is 17.5 Å². The van der Waals surface area contributed by atoms with Gasteiger partial charge in [-0.25, -0.2) is 13.6 Å². The molecule has 0 aliphatic carbocycles. The summed E-state index contributed by atoms with van der Waals surface area (Å²) in [6.45, 7) is 0.121. The minimum Gasteiger partial charge on any atom is -0.469 e. The summed E-state index contributed by atoms with van der Waals surface area (Å²) in [7, 11) is -2.57. The number of amides is 1. The predicted octanol–water partition coefficient (Wildman–Crippen LogP) is 0.741. The van der Waals surface area contributed by atoms with Gasteiger partial charge in [-0.15, -0.1) is 0 Å². The highest BCUT2D eigenvalue weighted by Crippen LogP contribution is 2.39. The van der Waals surface area contributed by atoms with E-state index in [4.69, 9.17) is 5.14 Å². The molecule has 1 aliphatic rings. The smallest absolute Gasteiger partial charge is 0.310 e. The molecule has 0 fully saturated rings. The molecule has 3 N–H and O–H groups in total. The van der Waals surface area contributed by atoms with E-state index in [1.54, 1.807) is 36.4 Å². The minimum absolute atomic E-state index is 0.0110. The minimum atomic E-state index is -3.79. The van der Waals surface area contributed by atoms with Crippen LogP contribution < -0.4 is 5.14 Å². The van der Waals surface area contributed by atoms with Gasteiger partial charge in [-0.3, -0.25) is 9.59 Å². The van der Waals surface area contributed by atoms with Crippen LogP contribution in [0.5, 0.6) is 0 Å². The third-order valence-electron chi connectivity index (χ3n) is 4.77. The van der Waals surface area contributed by atoms with Crippen LogP contribution in [0.1, 0.15) is 27.9 Å². The number of sulfonamides is 1. The number of ether oxygens (including phenoxy) is 1. The molecular formula is C19H20N2O6S. The third-order valence-corrected chi connectivity index (χ3v) is 5.70. The summed E-state index contributed by atoms with van der Waals surface area (Å²) in [6, 6.07) is 12.5. The lowest BCUT2D eigenvalue weighted by Gasteiger charge is -2.33. The fraction of sp³-hybridized carbons (Fsp3) is 0.263. The van der Waals surface area contributed by atoms with Crippen LogP contribution in [0, 0.1) is 0 Å². The Morgan fingerprint density at radius 3 is 2.43 bits per heavy atom. The zero-order valence-electron chi connectivity index (χ0n) is 15.2. The van der Waals surface area contributed by atoms with Gasteiger partial charge in [0.25, 0.3) is 5.91 Å². The Hall–Kier alpha value is -2.75. The summed E-state index contributed by atoms with van der Waals surface area (Å²) >= 11 is 0. The first-order valence-electron chi connectivity index (χ1n) is 8.49. The van der Waals surface area contributed by atoms with Crippen LogP contribution in [0.2, 0.25) is 0 Å². The quantitative estimate of drug-likeness (QED) is 0.684. The first-order valence-corrected chi connectivity index (χ1v) is 10.0. The Kier molecular flexibility index (Phi) is 5.24. The number of rotatable bonds is 6. The van der Waals surface area contributed by atoms with E-state index in [2.05, 4.69) is 4.74 Å². The summed E-state index contributed by atoms with van der Waals surface area (Å²) in [5.41, 5.74) is -0.369. The van der Waals surface area contributed by atoms with Crippen LogP contribution in [0.3, 0.4) is 0 Å². The largest absolute Gasteiger partial charge is 0.469 e. The van der Waals surface area contributed by atoms with Crippen LogP contribution >= 0.6 is 0 Å². The van der Waals surface area contributed by atoms with Gasteiger partial charge in [0.1, 0.15) is 0 Å². The van der Waals surface area contributed by atoms with Crippen molar-refractivity contribution < 1.29 is 27.9 Å². The molecule has 0 spiro atoms. The number of nitrogens with two attached hydrogens (primary N) is 1. The van der Waals surface area contributed by atoms with E-state index >= 15 is 0 Å². The Bertz CT molecular complexity index is 1020. The number of hydrogen-bond acceptors (Lipinski definition) is 6. The van der Waals surface area contributed by atoms with Gasteiger partial charge in [0, 0.05) is 17.7 Å². The monoisotopic (exact) mass is 404 g/mol. The molecule has 1 unspecified atom stereocenters. The van der Waals surface area contributed by atoms with Gasteiger partial charge in [0.2, 0.25) is 10.0 Å². The van der Waals surface area contributed by atoms with Gasteiger partial charge in [-0.1, -0.05) is 30.3 Å². The molecule has 1 aliphatic heterocycles. The first kappa shape index (κ1) is 20.0. The fourth-order valence-electron chi connectivity index (χ4n) is 3.31. The van der Waals surface area contributed by atoms with Gasteiger partial charge in [0.15, 0.2) is 5.72 Å². The topological polar surface area (TPSA) is 127 Å². The van der Waals surface area contributed by atoms with Crippen molar-refractivity contribution in [2.75, 3.05) is 13.7 Å². The standard InChI is InChI=1S/C19H20N2O6S/c1-27-17(22)12-19(24)16-5-3-2-4-15(16)18(23)21(19)11-10-13-6-8-14(9-7-13)28(20,25)26/h2-9,24H,10-12H2,1H3,(H2,20,25,26). The van der Waals surface area contributed by atoms with Crippen molar-refractivity contribution in [1.29, 1.82) is 0 Å². The Balaban J connectivity index is 1.85. The lowest BCUT2D eigenvalue weighted by atomic mass is 9.98. The van der Waals surface area contributed by atoms with E-state index in [0.717, 1.165) is 5.56 Å². The second-order valence-corrected chi connectivity index (χ2v) is 8.07. The summed E-state index contributed by atoms with van der Waals surface area (Å²) < 4.78 is 27.4. The van der Waals surface area contributed by atoms with Crippen molar-refractivity contribution in [1.82, 2.24) is 4.90 Å². The molecule has 0 saturated carbocycles. The number of fused-ring (bicyclic) bond motifs is 1. The maximum absolute atomic E-state index is 12.8. The van der Waals surface area contributed by atoms with Gasteiger partial charge in [-0.2, -0.15) is 0 Å². The number of esters is 1. The van der Waals surface area contributed by atoms with Gasteiger partial charge in [0.05, 0.1) is 18.4 Å². The number of carbonyl (C=O) groups excluding carboxylic acids is 2. The van der Waals surface area contributed by atoms with Gasteiger partial charge >= 0.3 is 5.97 Å². The summed E-state index contributed by atoms with van der Waals surface area (Å²) in [5, 5.41) is 16.3. The van der Waals surface area contributed by atoms with Crippen LogP contribution in [-0.4, -0.2) is 44.0 Å². The van der Waals surface area contributed by atoms with Crippen molar-refractivity contribution >= 4 is 21.9 Å². The van der Waals surface area contributed by atoms with E-state index in [9.17, 15) is 23.1 Å². The number of methoxy groups -OCH3 is 1. The zero-order chi connectivity index (χ0) is 20.5. The molecule has 1 atom stereocenters. The van der Waals surface area contributed by atoms with Crippen molar-refractivity contribution in [2.24, 2.45) is 5.14 Å². The highest BCUT2D eigenvalue weighted by atomic mass is 32.2. The lowest BCUT2D eigenvalue weighted by molar-refractivity contribution is -0.155. The van der Waals surface area contributed by atoms with Crippen LogP contribution in [0.25, 0.3) is 0 Å². The molecule has 9 heteroatoms. The summed E-state index contributed by atoms with van der Waals surface area (Å²) in [4.78, 5) is 25.9. The SMILES string of the molecule is COC(=O)CC1(O)c2ccccc2C(=O)N1CCc1ccc(S(N)(=O)=O)cc1. The van der Waals surface area contributed by atoms with Crippen molar-refractivity contribution in [3.8, 4) is 0 Å². The Morgan fingerprint density at radius 2 is 1.82 bits per heavy atom. The van der Waals surface area contributed by atoms with Gasteiger partial charge < -0.3 is 14.7 Å². The van der Waals surface area contributed by atoms with E-state index in [1.165, 1.54) is 24.1 Å². The summed E-state index contributed by atoms with van der Waals surface area (Å²) in [5.74, 6) is -1.03. The summed E-state index contributed by atoms with van der Waals surface area (Å²) in [6.07, 6.45) is -0.0509. The van der Waals surface area contributed by atoms with Gasteiger partial charge in [-0.05, 0) is 30.2 Å². The van der Waals surface area contributed by atoms with E-state index in [-0.39, 0.29) is 17.3 Å². The molecule has 0 bridgehead atoms. The molecule has 1 heterocycles. The fourth-order valence-corrected chi connectivity index (χ4v) is 3.83. The van der Waals surface area contributed by atoms with Crippen LogP contribution in [-0.2, 0) is 31.7 Å². The van der Waals surface area contributed by atoms with Crippen molar-refractivity contribution in [2.45, 2.75) is 23.5 Å². The lowest BCUT2D eigenvalue weighted by Crippen LogP contribution is -2.46. The average molecular weight is 404 g/mol. The molecule has 1 amide bonds. The van der Waals surface area contributed by atoms with Crippen LogP contribution in [0.4, 0.5) is 0 Å². The van der Waals surface area contributed by atoms with E-state index in [1.807, 2.05) is 0 Å². The number of hydrogen-bond donors (Lipinski definition) is 2. The third kappa shape index (κ3) is 3.64. The Labute approximate surface area is 162 Å².